The molecule has 1 aromatic carbocycles. The van der Waals surface area contributed by atoms with Gasteiger partial charge in [-0.05, 0) is 38.1 Å². The molecular weight excluding hydrogens is 205 g/mol. The number of unbranched alkanes of at least 4 members (excludes halogenated alkanes) is 2. The van der Waals surface area contributed by atoms with Gasteiger partial charge < -0.3 is 10.4 Å². The summed E-state index contributed by atoms with van der Waals surface area (Å²) in [5.41, 5.74) is 0.622. The van der Waals surface area contributed by atoms with E-state index in [0.717, 1.165) is 13.0 Å². The Morgan fingerprint density at radius 3 is 2.81 bits per heavy atom. The summed E-state index contributed by atoms with van der Waals surface area (Å²) in [7, 11) is 0. The Bertz CT molecular complexity index is 328. The Kier molecular flexibility index (Phi) is 5.26. The van der Waals surface area contributed by atoms with Crippen LogP contribution in [0, 0.1) is 5.82 Å². The molecule has 0 saturated heterocycles. The van der Waals surface area contributed by atoms with Crippen LogP contribution in [0.2, 0.25) is 0 Å². The first kappa shape index (κ1) is 13.0. The number of halogens is 1. The van der Waals surface area contributed by atoms with Crippen molar-refractivity contribution in [3.63, 3.8) is 0 Å². The SMILES string of the molecule is CCCCCNC(C)c1cc(F)ccc1O. The lowest BCUT2D eigenvalue weighted by Gasteiger charge is -2.15. The number of nitrogens with one attached hydrogen (secondary N) is 1. The van der Waals surface area contributed by atoms with Gasteiger partial charge in [-0.3, -0.25) is 0 Å². The lowest BCUT2D eigenvalue weighted by Crippen LogP contribution is -2.20. The minimum absolute atomic E-state index is 0.0208. The Labute approximate surface area is 96.5 Å². The van der Waals surface area contributed by atoms with Gasteiger partial charge in [0.1, 0.15) is 11.6 Å². The van der Waals surface area contributed by atoms with Crippen LogP contribution < -0.4 is 5.32 Å². The highest BCUT2D eigenvalue weighted by atomic mass is 19.1. The number of benzene rings is 1. The minimum Gasteiger partial charge on any atom is -0.508 e. The molecule has 0 radical (unpaired) electrons. The van der Waals surface area contributed by atoms with Gasteiger partial charge in [-0.1, -0.05) is 19.8 Å². The fourth-order valence-corrected chi connectivity index (χ4v) is 1.68. The van der Waals surface area contributed by atoms with Crippen LogP contribution in [0.1, 0.15) is 44.7 Å². The van der Waals surface area contributed by atoms with Crippen LogP contribution >= 0.6 is 0 Å². The van der Waals surface area contributed by atoms with E-state index < -0.39 is 0 Å². The van der Waals surface area contributed by atoms with Crippen molar-refractivity contribution in [3.8, 4) is 5.75 Å². The first-order valence-corrected chi connectivity index (χ1v) is 5.87. The summed E-state index contributed by atoms with van der Waals surface area (Å²) in [4.78, 5) is 0. The number of hydrogen-bond acceptors (Lipinski definition) is 2. The van der Waals surface area contributed by atoms with Crippen LogP contribution in [0.3, 0.4) is 0 Å². The van der Waals surface area contributed by atoms with Crippen molar-refractivity contribution in [3.05, 3.63) is 29.6 Å². The predicted octanol–water partition coefficient (Wildman–Crippen LogP) is 3.37. The first-order chi connectivity index (χ1) is 7.65. The molecule has 2 N–H and O–H groups in total. The molecule has 0 amide bonds. The Morgan fingerprint density at radius 2 is 2.12 bits per heavy atom. The zero-order valence-electron chi connectivity index (χ0n) is 9.96. The number of aromatic hydroxyl groups is 1. The van der Waals surface area contributed by atoms with Crippen molar-refractivity contribution in [1.29, 1.82) is 0 Å². The van der Waals surface area contributed by atoms with Gasteiger partial charge in [0.2, 0.25) is 0 Å². The minimum atomic E-state index is -0.310. The lowest BCUT2D eigenvalue weighted by molar-refractivity contribution is 0.447. The van der Waals surface area contributed by atoms with Gasteiger partial charge in [0.15, 0.2) is 0 Å². The van der Waals surface area contributed by atoms with E-state index in [1.54, 1.807) is 0 Å². The van der Waals surface area contributed by atoms with E-state index in [1.165, 1.54) is 31.0 Å². The van der Waals surface area contributed by atoms with E-state index in [2.05, 4.69) is 12.2 Å². The molecule has 16 heavy (non-hydrogen) atoms. The molecule has 1 unspecified atom stereocenters. The first-order valence-electron chi connectivity index (χ1n) is 5.87. The topological polar surface area (TPSA) is 32.3 Å². The summed E-state index contributed by atoms with van der Waals surface area (Å²) in [6.45, 7) is 4.98. The van der Waals surface area contributed by atoms with Crippen molar-refractivity contribution in [2.45, 2.75) is 39.2 Å². The maximum absolute atomic E-state index is 13.0. The third kappa shape index (κ3) is 3.81. The summed E-state index contributed by atoms with van der Waals surface area (Å²) >= 11 is 0. The molecule has 90 valence electrons. The molecule has 0 heterocycles. The third-order valence-corrected chi connectivity index (χ3v) is 2.69. The molecule has 1 rings (SSSR count). The molecule has 0 saturated carbocycles. The van der Waals surface area contributed by atoms with Crippen LogP contribution in [0.15, 0.2) is 18.2 Å². The highest BCUT2D eigenvalue weighted by Gasteiger charge is 2.10. The van der Waals surface area contributed by atoms with Crippen molar-refractivity contribution in [2.24, 2.45) is 0 Å². The predicted molar refractivity (Wildman–Crippen MR) is 64.0 cm³/mol. The summed E-state index contributed by atoms with van der Waals surface area (Å²) in [6.07, 6.45) is 3.48. The average Bonchev–Trinajstić information content (AvgIpc) is 2.27. The Morgan fingerprint density at radius 1 is 1.38 bits per heavy atom. The largest absolute Gasteiger partial charge is 0.508 e. The zero-order chi connectivity index (χ0) is 12.0. The van der Waals surface area contributed by atoms with E-state index in [1.807, 2.05) is 6.92 Å². The molecule has 3 heteroatoms. The molecule has 0 spiro atoms. The normalized spacial score (nSPS) is 12.7. The van der Waals surface area contributed by atoms with Crippen molar-refractivity contribution < 1.29 is 9.50 Å². The highest BCUT2D eigenvalue weighted by Crippen LogP contribution is 2.24. The molecular formula is C13H20FNO. The second kappa shape index (κ2) is 6.48. The molecule has 0 fully saturated rings. The Balaban J connectivity index is 2.51. The maximum Gasteiger partial charge on any atom is 0.123 e. The number of phenolic OH excluding ortho intramolecular Hbond substituents is 1. The lowest BCUT2D eigenvalue weighted by atomic mass is 10.1. The fraction of sp³-hybridized carbons (Fsp3) is 0.538. The van der Waals surface area contributed by atoms with Gasteiger partial charge in [-0.2, -0.15) is 0 Å². The summed E-state index contributed by atoms with van der Waals surface area (Å²) < 4.78 is 13.0. The monoisotopic (exact) mass is 225 g/mol. The van der Waals surface area contributed by atoms with Gasteiger partial charge in [0.25, 0.3) is 0 Å². The molecule has 0 aliphatic carbocycles. The van der Waals surface area contributed by atoms with Crippen LogP contribution in [0.4, 0.5) is 4.39 Å². The van der Waals surface area contributed by atoms with Gasteiger partial charge in [0, 0.05) is 11.6 Å². The highest BCUT2D eigenvalue weighted by molar-refractivity contribution is 5.34. The molecule has 2 nitrogen and oxygen atoms in total. The summed E-state index contributed by atoms with van der Waals surface area (Å²) in [5, 5.41) is 12.9. The van der Waals surface area contributed by atoms with Crippen LogP contribution in [0.25, 0.3) is 0 Å². The van der Waals surface area contributed by atoms with E-state index >= 15 is 0 Å². The Hall–Kier alpha value is -1.09. The van der Waals surface area contributed by atoms with Crippen molar-refractivity contribution in [2.75, 3.05) is 6.54 Å². The van der Waals surface area contributed by atoms with Gasteiger partial charge in [-0.25, -0.2) is 4.39 Å². The van der Waals surface area contributed by atoms with E-state index in [-0.39, 0.29) is 17.6 Å². The van der Waals surface area contributed by atoms with Crippen molar-refractivity contribution >= 4 is 0 Å². The third-order valence-electron chi connectivity index (χ3n) is 2.69. The standard InChI is InChI=1S/C13H20FNO/c1-3-4-5-8-15-10(2)12-9-11(14)6-7-13(12)16/h6-7,9-10,15-16H,3-5,8H2,1-2H3. The quantitative estimate of drug-likeness (QED) is 0.727. The van der Waals surface area contributed by atoms with E-state index in [4.69, 9.17) is 0 Å². The molecule has 0 aliphatic heterocycles. The number of hydrogen-bond donors (Lipinski definition) is 2. The van der Waals surface area contributed by atoms with Gasteiger partial charge >= 0.3 is 0 Å². The molecule has 0 aromatic heterocycles. The summed E-state index contributed by atoms with van der Waals surface area (Å²) in [6, 6.07) is 4.03. The second-order valence-electron chi connectivity index (χ2n) is 4.09. The van der Waals surface area contributed by atoms with Crippen molar-refractivity contribution in [1.82, 2.24) is 5.32 Å². The molecule has 0 aliphatic rings. The zero-order valence-corrected chi connectivity index (χ0v) is 9.96. The van der Waals surface area contributed by atoms with E-state index in [0.29, 0.717) is 5.56 Å². The smallest absolute Gasteiger partial charge is 0.123 e. The van der Waals surface area contributed by atoms with Crippen LogP contribution in [-0.2, 0) is 0 Å². The van der Waals surface area contributed by atoms with Gasteiger partial charge in [-0.15, -0.1) is 0 Å². The van der Waals surface area contributed by atoms with E-state index in [9.17, 15) is 9.50 Å². The van der Waals surface area contributed by atoms with Gasteiger partial charge in [0.05, 0.1) is 0 Å². The maximum atomic E-state index is 13.0. The number of phenols is 1. The molecule has 1 atom stereocenters. The fourth-order valence-electron chi connectivity index (χ4n) is 1.68. The summed E-state index contributed by atoms with van der Waals surface area (Å²) in [5.74, 6) is -0.160. The average molecular weight is 225 g/mol. The van der Waals surface area contributed by atoms with Crippen LogP contribution in [0.5, 0.6) is 5.75 Å². The second-order valence-corrected chi connectivity index (χ2v) is 4.09. The van der Waals surface area contributed by atoms with Crippen LogP contribution in [-0.4, -0.2) is 11.7 Å². The molecule has 1 aromatic rings. The number of rotatable bonds is 6. The molecule has 0 bridgehead atoms.